The lowest BCUT2D eigenvalue weighted by molar-refractivity contribution is 0.528. The maximum absolute atomic E-state index is 13.2. The Morgan fingerprint density at radius 3 is 2.70 bits per heavy atom. The molecule has 5 heteroatoms. The molecule has 0 bridgehead atoms. The molecule has 102 valence electrons. The summed E-state index contributed by atoms with van der Waals surface area (Å²) in [6, 6.07) is 11.4. The number of rotatable bonds is 2. The van der Waals surface area contributed by atoms with Crippen LogP contribution in [0.3, 0.4) is 0 Å². The lowest BCUT2D eigenvalue weighted by atomic mass is 10.0. The standard InChI is InChI=1S/C15H11ClFNO2/c1-18-12-6-5-10(8-13(12)20-15(18)19)14(16)9-3-2-4-11(17)7-9/h2-8,14H,1H3. The number of halogens is 2. The Kier molecular flexibility index (Phi) is 3.10. The predicted octanol–water partition coefficient (Wildman–Crippen LogP) is 3.60. The summed E-state index contributed by atoms with van der Waals surface area (Å²) in [5.41, 5.74) is 2.57. The Hall–Kier alpha value is -2.07. The van der Waals surface area contributed by atoms with E-state index in [1.165, 1.54) is 16.7 Å². The molecule has 0 radical (unpaired) electrons. The molecule has 0 fully saturated rings. The van der Waals surface area contributed by atoms with Crippen LogP contribution in [0.4, 0.5) is 4.39 Å². The van der Waals surface area contributed by atoms with E-state index in [-0.39, 0.29) is 5.82 Å². The molecule has 0 saturated heterocycles. The summed E-state index contributed by atoms with van der Waals surface area (Å²) in [6.07, 6.45) is 0. The number of alkyl halides is 1. The van der Waals surface area contributed by atoms with Gasteiger partial charge in [0.15, 0.2) is 5.58 Å². The summed E-state index contributed by atoms with van der Waals surface area (Å²) in [5, 5.41) is -0.499. The number of nitrogens with zero attached hydrogens (tertiary/aromatic N) is 1. The van der Waals surface area contributed by atoms with Gasteiger partial charge in [0.25, 0.3) is 0 Å². The third-order valence-corrected chi connectivity index (χ3v) is 3.75. The molecule has 0 aliphatic heterocycles. The number of aromatic nitrogens is 1. The zero-order valence-corrected chi connectivity index (χ0v) is 11.4. The van der Waals surface area contributed by atoms with Gasteiger partial charge >= 0.3 is 5.76 Å². The van der Waals surface area contributed by atoms with E-state index in [4.69, 9.17) is 16.0 Å². The minimum Gasteiger partial charge on any atom is -0.408 e. The average Bonchev–Trinajstić information content (AvgIpc) is 2.73. The van der Waals surface area contributed by atoms with Gasteiger partial charge in [-0.2, -0.15) is 0 Å². The molecule has 3 nitrogen and oxygen atoms in total. The number of aryl methyl sites for hydroxylation is 1. The van der Waals surface area contributed by atoms with Crippen LogP contribution >= 0.6 is 11.6 Å². The summed E-state index contributed by atoms with van der Waals surface area (Å²) >= 11 is 6.36. The Morgan fingerprint density at radius 2 is 1.95 bits per heavy atom. The van der Waals surface area contributed by atoms with E-state index in [2.05, 4.69) is 0 Å². The van der Waals surface area contributed by atoms with Gasteiger partial charge in [0, 0.05) is 7.05 Å². The second-order valence-electron chi connectivity index (χ2n) is 4.57. The zero-order valence-electron chi connectivity index (χ0n) is 10.6. The molecule has 3 rings (SSSR count). The Morgan fingerprint density at radius 1 is 1.20 bits per heavy atom. The van der Waals surface area contributed by atoms with Crippen molar-refractivity contribution in [1.29, 1.82) is 0 Å². The Labute approximate surface area is 119 Å². The quantitative estimate of drug-likeness (QED) is 0.676. The van der Waals surface area contributed by atoms with Crippen LogP contribution in [0.2, 0.25) is 0 Å². The molecule has 0 spiro atoms. The minimum atomic E-state index is -0.499. The molecular formula is C15H11ClFNO2. The molecule has 2 aromatic carbocycles. The van der Waals surface area contributed by atoms with Crippen LogP contribution in [0.15, 0.2) is 51.7 Å². The summed E-state index contributed by atoms with van der Waals surface area (Å²) in [4.78, 5) is 11.4. The van der Waals surface area contributed by atoms with Crippen molar-refractivity contribution in [2.75, 3.05) is 0 Å². The van der Waals surface area contributed by atoms with Gasteiger partial charge in [0.05, 0.1) is 10.9 Å². The van der Waals surface area contributed by atoms with E-state index in [1.54, 1.807) is 37.4 Å². The monoisotopic (exact) mass is 291 g/mol. The van der Waals surface area contributed by atoms with E-state index < -0.39 is 11.1 Å². The maximum Gasteiger partial charge on any atom is 0.419 e. The van der Waals surface area contributed by atoms with Gasteiger partial charge in [0.1, 0.15) is 5.82 Å². The molecule has 0 amide bonds. The lowest BCUT2D eigenvalue weighted by Crippen LogP contribution is -2.08. The summed E-state index contributed by atoms with van der Waals surface area (Å²) in [6.45, 7) is 0. The van der Waals surface area contributed by atoms with Crippen molar-refractivity contribution >= 4 is 22.7 Å². The molecule has 1 aromatic heterocycles. The van der Waals surface area contributed by atoms with Crippen LogP contribution in [-0.4, -0.2) is 4.57 Å². The largest absolute Gasteiger partial charge is 0.419 e. The van der Waals surface area contributed by atoms with Gasteiger partial charge in [-0.25, -0.2) is 9.18 Å². The smallest absolute Gasteiger partial charge is 0.408 e. The third kappa shape index (κ3) is 2.12. The van der Waals surface area contributed by atoms with Gasteiger partial charge in [-0.1, -0.05) is 18.2 Å². The van der Waals surface area contributed by atoms with Crippen molar-refractivity contribution in [2.24, 2.45) is 7.05 Å². The van der Waals surface area contributed by atoms with E-state index >= 15 is 0 Å². The highest BCUT2D eigenvalue weighted by Gasteiger charge is 2.14. The van der Waals surface area contributed by atoms with E-state index in [0.29, 0.717) is 16.7 Å². The second kappa shape index (κ2) is 4.80. The van der Waals surface area contributed by atoms with Crippen LogP contribution in [-0.2, 0) is 7.05 Å². The predicted molar refractivity (Wildman–Crippen MR) is 75.6 cm³/mol. The summed E-state index contributed by atoms with van der Waals surface area (Å²) in [5.74, 6) is -0.755. The first kappa shape index (κ1) is 12.9. The molecular weight excluding hydrogens is 281 g/mol. The molecule has 0 aliphatic carbocycles. The van der Waals surface area contributed by atoms with Crippen molar-refractivity contribution in [1.82, 2.24) is 4.57 Å². The van der Waals surface area contributed by atoms with E-state index in [0.717, 1.165) is 5.56 Å². The fourth-order valence-corrected chi connectivity index (χ4v) is 2.44. The molecule has 1 atom stereocenters. The van der Waals surface area contributed by atoms with Crippen molar-refractivity contribution in [3.8, 4) is 0 Å². The van der Waals surface area contributed by atoms with Crippen molar-refractivity contribution < 1.29 is 8.81 Å². The second-order valence-corrected chi connectivity index (χ2v) is 5.01. The number of oxazole rings is 1. The Bertz CT molecular complexity index is 837. The lowest BCUT2D eigenvalue weighted by Gasteiger charge is -2.10. The third-order valence-electron chi connectivity index (χ3n) is 3.25. The number of benzene rings is 2. The highest BCUT2D eigenvalue weighted by molar-refractivity contribution is 6.22. The molecule has 1 heterocycles. The number of hydrogen-bond donors (Lipinski definition) is 0. The molecule has 0 aliphatic rings. The van der Waals surface area contributed by atoms with Crippen molar-refractivity contribution in [2.45, 2.75) is 5.38 Å². The van der Waals surface area contributed by atoms with Gasteiger partial charge in [-0.05, 0) is 35.4 Å². The minimum absolute atomic E-state index is 0.333. The number of hydrogen-bond acceptors (Lipinski definition) is 2. The van der Waals surface area contributed by atoms with Gasteiger partial charge in [-0.3, -0.25) is 4.57 Å². The van der Waals surface area contributed by atoms with Crippen LogP contribution in [0, 0.1) is 5.82 Å². The first-order valence-electron chi connectivity index (χ1n) is 6.05. The highest BCUT2D eigenvalue weighted by Crippen LogP contribution is 2.30. The topological polar surface area (TPSA) is 35.1 Å². The van der Waals surface area contributed by atoms with Crippen LogP contribution in [0.5, 0.6) is 0 Å². The van der Waals surface area contributed by atoms with Gasteiger partial charge < -0.3 is 4.42 Å². The summed E-state index contributed by atoms with van der Waals surface area (Å²) in [7, 11) is 1.64. The normalized spacial score (nSPS) is 12.8. The summed E-state index contributed by atoms with van der Waals surface area (Å²) < 4.78 is 19.8. The van der Waals surface area contributed by atoms with Gasteiger partial charge in [0.2, 0.25) is 0 Å². The Balaban J connectivity index is 2.08. The van der Waals surface area contributed by atoms with E-state index in [9.17, 15) is 9.18 Å². The van der Waals surface area contributed by atoms with Crippen LogP contribution in [0.1, 0.15) is 16.5 Å². The van der Waals surface area contributed by atoms with Crippen LogP contribution < -0.4 is 5.76 Å². The maximum atomic E-state index is 13.2. The van der Waals surface area contributed by atoms with E-state index in [1.807, 2.05) is 0 Å². The molecule has 3 aromatic rings. The fraction of sp³-hybridized carbons (Fsp3) is 0.133. The fourth-order valence-electron chi connectivity index (χ4n) is 2.16. The first-order valence-corrected chi connectivity index (χ1v) is 6.49. The highest BCUT2D eigenvalue weighted by atomic mass is 35.5. The molecule has 0 saturated carbocycles. The molecule has 20 heavy (non-hydrogen) atoms. The van der Waals surface area contributed by atoms with Crippen molar-refractivity contribution in [3.63, 3.8) is 0 Å². The van der Waals surface area contributed by atoms with Crippen molar-refractivity contribution in [3.05, 3.63) is 70.0 Å². The molecule has 1 unspecified atom stereocenters. The number of fused-ring (bicyclic) bond motifs is 1. The zero-order chi connectivity index (χ0) is 14.3. The average molecular weight is 292 g/mol. The van der Waals surface area contributed by atoms with Gasteiger partial charge in [-0.15, -0.1) is 11.6 Å². The SMILES string of the molecule is Cn1c(=O)oc2cc(C(Cl)c3cccc(F)c3)ccc21. The van der Waals surface area contributed by atoms with Crippen LogP contribution in [0.25, 0.3) is 11.1 Å². The molecule has 0 N–H and O–H groups in total. The first-order chi connectivity index (χ1) is 9.56.